The van der Waals surface area contributed by atoms with Gasteiger partial charge in [0.25, 0.3) is 5.91 Å². The summed E-state index contributed by atoms with van der Waals surface area (Å²) in [4.78, 5) is 14.5. The third-order valence-corrected chi connectivity index (χ3v) is 5.28. The molecule has 2 N–H and O–H groups in total. The molecule has 1 fully saturated rings. The Morgan fingerprint density at radius 3 is 2.58 bits per heavy atom. The highest BCUT2D eigenvalue weighted by molar-refractivity contribution is 6.31. The highest BCUT2D eigenvalue weighted by Crippen LogP contribution is 2.32. The van der Waals surface area contributed by atoms with Gasteiger partial charge in [0, 0.05) is 17.1 Å². The van der Waals surface area contributed by atoms with E-state index < -0.39 is 11.5 Å². The van der Waals surface area contributed by atoms with Crippen LogP contribution < -0.4 is 5.32 Å². The van der Waals surface area contributed by atoms with Gasteiger partial charge < -0.3 is 10.4 Å². The topological polar surface area (TPSA) is 52.6 Å². The van der Waals surface area contributed by atoms with Gasteiger partial charge in [0.05, 0.1) is 6.04 Å². The van der Waals surface area contributed by atoms with Crippen molar-refractivity contribution in [1.29, 1.82) is 0 Å². The van der Waals surface area contributed by atoms with Crippen LogP contribution in [0, 0.1) is 11.7 Å². The van der Waals surface area contributed by atoms with Crippen LogP contribution in [0.15, 0.2) is 18.2 Å². The fraction of sp³-hybridized carbons (Fsp3) is 0.611. The molecule has 0 radical (unpaired) electrons. The molecule has 134 valence electrons. The van der Waals surface area contributed by atoms with E-state index in [4.69, 9.17) is 11.6 Å². The smallest absolute Gasteiger partial charge is 0.252 e. The lowest BCUT2D eigenvalue weighted by molar-refractivity contribution is -0.142. The van der Waals surface area contributed by atoms with E-state index in [1.807, 2.05) is 0 Å². The van der Waals surface area contributed by atoms with Crippen LogP contribution >= 0.6 is 11.6 Å². The molecule has 1 aliphatic heterocycles. The molecule has 0 spiro atoms. The van der Waals surface area contributed by atoms with Crippen LogP contribution in [0.25, 0.3) is 0 Å². The summed E-state index contributed by atoms with van der Waals surface area (Å²) in [7, 11) is 0. The van der Waals surface area contributed by atoms with Crippen molar-refractivity contribution in [3.8, 4) is 0 Å². The van der Waals surface area contributed by atoms with Gasteiger partial charge in [-0.1, -0.05) is 31.5 Å². The Balaban J connectivity index is 2.21. The number of aliphatic hydroxyl groups is 1. The van der Waals surface area contributed by atoms with Crippen LogP contribution in [0.4, 0.5) is 4.39 Å². The van der Waals surface area contributed by atoms with Gasteiger partial charge in [-0.2, -0.15) is 0 Å². The zero-order chi connectivity index (χ0) is 17.9. The van der Waals surface area contributed by atoms with E-state index in [0.29, 0.717) is 10.6 Å². The molecule has 1 amide bonds. The number of carbonyl (C=O) groups excluding carboxylic acids is 1. The Hall–Kier alpha value is -1.17. The van der Waals surface area contributed by atoms with E-state index in [0.717, 1.165) is 25.9 Å². The van der Waals surface area contributed by atoms with Gasteiger partial charge in [-0.05, 0) is 50.9 Å². The first-order valence-corrected chi connectivity index (χ1v) is 8.81. The van der Waals surface area contributed by atoms with Crippen molar-refractivity contribution >= 4 is 17.5 Å². The first kappa shape index (κ1) is 19.2. The normalized spacial score (nSPS) is 19.3. The molecule has 1 saturated heterocycles. The minimum absolute atomic E-state index is 0.211. The molecule has 0 bridgehead atoms. The minimum Gasteiger partial charge on any atom is -0.380 e. The number of nitrogens with one attached hydrogen (secondary N) is 1. The van der Waals surface area contributed by atoms with Crippen LogP contribution in [-0.4, -0.2) is 41.1 Å². The van der Waals surface area contributed by atoms with E-state index in [1.165, 1.54) is 13.0 Å². The van der Waals surface area contributed by atoms with Crippen LogP contribution in [0.2, 0.25) is 5.02 Å². The van der Waals surface area contributed by atoms with Gasteiger partial charge in [0.1, 0.15) is 11.4 Å². The van der Waals surface area contributed by atoms with Crippen molar-refractivity contribution in [2.45, 2.75) is 45.3 Å². The second-order valence-corrected chi connectivity index (χ2v) is 7.31. The van der Waals surface area contributed by atoms with Crippen LogP contribution in [0.1, 0.15) is 45.2 Å². The number of nitrogens with zero attached hydrogens (tertiary/aromatic N) is 1. The third kappa shape index (κ3) is 4.08. The molecule has 0 unspecified atom stereocenters. The van der Waals surface area contributed by atoms with Crippen molar-refractivity contribution in [3.05, 3.63) is 34.6 Å². The Morgan fingerprint density at radius 1 is 1.42 bits per heavy atom. The Morgan fingerprint density at radius 2 is 2.04 bits per heavy atom. The Kier molecular flexibility index (Phi) is 6.23. The first-order chi connectivity index (χ1) is 11.2. The zero-order valence-electron chi connectivity index (χ0n) is 14.5. The molecule has 1 aromatic carbocycles. The summed E-state index contributed by atoms with van der Waals surface area (Å²) in [5, 5.41) is 13.4. The molecule has 6 heteroatoms. The van der Waals surface area contributed by atoms with E-state index >= 15 is 0 Å². The van der Waals surface area contributed by atoms with Crippen molar-refractivity contribution in [1.82, 2.24) is 10.2 Å². The van der Waals surface area contributed by atoms with Crippen LogP contribution in [-0.2, 0) is 4.79 Å². The van der Waals surface area contributed by atoms with E-state index in [9.17, 15) is 14.3 Å². The molecule has 1 heterocycles. The molecule has 0 saturated carbocycles. The summed E-state index contributed by atoms with van der Waals surface area (Å²) in [6, 6.07) is 4.28. The second-order valence-electron chi connectivity index (χ2n) is 6.91. The summed E-state index contributed by atoms with van der Waals surface area (Å²) in [5.74, 6) is -1.04. The molecule has 24 heavy (non-hydrogen) atoms. The minimum atomic E-state index is -1.46. The monoisotopic (exact) mass is 356 g/mol. The summed E-state index contributed by atoms with van der Waals surface area (Å²) in [6.45, 7) is 6.95. The Bertz CT molecular complexity index is 566. The quantitative estimate of drug-likeness (QED) is 0.823. The fourth-order valence-corrected chi connectivity index (χ4v) is 3.22. The lowest BCUT2D eigenvalue weighted by atomic mass is 9.91. The molecular formula is C18H26ClFN2O2. The number of hydrogen-bond donors (Lipinski definition) is 2. The number of hydrogen-bond acceptors (Lipinski definition) is 3. The number of benzene rings is 1. The molecule has 1 aromatic rings. The lowest BCUT2D eigenvalue weighted by Gasteiger charge is -2.31. The van der Waals surface area contributed by atoms with Gasteiger partial charge >= 0.3 is 0 Å². The van der Waals surface area contributed by atoms with Crippen molar-refractivity contribution in [2.24, 2.45) is 5.92 Å². The maximum atomic E-state index is 14.4. The number of halogens is 2. The highest BCUT2D eigenvalue weighted by Gasteiger charge is 2.35. The summed E-state index contributed by atoms with van der Waals surface area (Å²) < 4.78 is 14.4. The summed E-state index contributed by atoms with van der Waals surface area (Å²) in [6.07, 6.45) is 2.08. The average molecular weight is 357 g/mol. The predicted octanol–water partition coefficient (Wildman–Crippen LogP) is 3.14. The van der Waals surface area contributed by atoms with Gasteiger partial charge in [-0.25, -0.2) is 4.39 Å². The standard InChI is InChI=1S/C18H26ClFN2O2/c1-12(2)18(3,24)17(23)21-11-15(22-9-4-5-10-22)16-13(19)7-6-8-14(16)20/h6-8,12,15,24H,4-5,9-11H2,1-3H3,(H,21,23)/t15-,18+/m1/s1. The second kappa shape index (κ2) is 7.81. The van der Waals surface area contributed by atoms with Crippen molar-refractivity contribution in [2.75, 3.05) is 19.6 Å². The van der Waals surface area contributed by atoms with Gasteiger partial charge in [0.2, 0.25) is 0 Å². The summed E-state index contributed by atoms with van der Waals surface area (Å²) in [5.41, 5.74) is -1.06. The maximum absolute atomic E-state index is 14.4. The molecule has 2 atom stereocenters. The van der Waals surface area contributed by atoms with Crippen LogP contribution in [0.3, 0.4) is 0 Å². The number of likely N-dealkylation sites (tertiary alicyclic amines) is 1. The zero-order valence-corrected chi connectivity index (χ0v) is 15.2. The first-order valence-electron chi connectivity index (χ1n) is 8.43. The molecule has 4 nitrogen and oxygen atoms in total. The fourth-order valence-electron chi connectivity index (χ4n) is 2.93. The van der Waals surface area contributed by atoms with Gasteiger partial charge in [-0.3, -0.25) is 9.69 Å². The Labute approximate surface area is 148 Å². The van der Waals surface area contributed by atoms with Gasteiger partial charge in [-0.15, -0.1) is 0 Å². The molecular weight excluding hydrogens is 331 g/mol. The number of rotatable bonds is 6. The average Bonchev–Trinajstić information content (AvgIpc) is 3.03. The van der Waals surface area contributed by atoms with Crippen molar-refractivity contribution in [3.63, 3.8) is 0 Å². The molecule has 0 aromatic heterocycles. The highest BCUT2D eigenvalue weighted by atomic mass is 35.5. The maximum Gasteiger partial charge on any atom is 0.252 e. The number of amides is 1. The lowest BCUT2D eigenvalue weighted by Crippen LogP contribution is -2.50. The van der Waals surface area contributed by atoms with E-state index in [2.05, 4.69) is 10.2 Å². The van der Waals surface area contributed by atoms with Crippen molar-refractivity contribution < 1.29 is 14.3 Å². The van der Waals surface area contributed by atoms with Crippen LogP contribution in [0.5, 0.6) is 0 Å². The van der Waals surface area contributed by atoms with E-state index in [1.54, 1.807) is 26.0 Å². The molecule has 2 rings (SSSR count). The largest absolute Gasteiger partial charge is 0.380 e. The molecule has 1 aliphatic rings. The SMILES string of the molecule is CC(C)[C@](C)(O)C(=O)NC[C@H](c1c(F)cccc1Cl)N1CCCC1. The third-order valence-electron chi connectivity index (χ3n) is 4.95. The predicted molar refractivity (Wildman–Crippen MR) is 93.4 cm³/mol. The van der Waals surface area contributed by atoms with Gasteiger partial charge in [0.15, 0.2) is 0 Å². The number of carbonyl (C=O) groups is 1. The van der Waals surface area contributed by atoms with E-state index in [-0.39, 0.29) is 24.3 Å². The molecule has 0 aliphatic carbocycles. The summed E-state index contributed by atoms with van der Waals surface area (Å²) >= 11 is 6.23.